The quantitative estimate of drug-likeness (QED) is 0.898. The minimum atomic E-state index is -0.427. The zero-order valence-electron chi connectivity index (χ0n) is 11.0. The number of aliphatic hydroxyl groups excluding tert-OH is 1. The molecule has 4 heteroatoms. The summed E-state index contributed by atoms with van der Waals surface area (Å²) in [5.41, 5.74) is 0.865. The van der Waals surface area contributed by atoms with Crippen molar-refractivity contribution in [1.82, 2.24) is 0 Å². The van der Waals surface area contributed by atoms with Crippen LogP contribution in [0.1, 0.15) is 26.3 Å². The molecule has 18 heavy (non-hydrogen) atoms. The van der Waals surface area contributed by atoms with Crippen molar-refractivity contribution in [2.45, 2.75) is 33.3 Å². The second kappa shape index (κ2) is 4.98. The van der Waals surface area contributed by atoms with Gasteiger partial charge in [-0.3, -0.25) is 0 Å². The van der Waals surface area contributed by atoms with E-state index in [0.29, 0.717) is 36.2 Å². The molecule has 0 amide bonds. The summed E-state index contributed by atoms with van der Waals surface area (Å²) in [5, 5.41) is 10.1. The van der Waals surface area contributed by atoms with Crippen molar-refractivity contribution in [2.75, 3.05) is 13.2 Å². The number of ether oxygens (including phenoxy) is 2. The van der Waals surface area contributed by atoms with Gasteiger partial charge in [-0.25, -0.2) is 0 Å². The van der Waals surface area contributed by atoms with Crippen LogP contribution in [-0.2, 0) is 6.42 Å². The highest BCUT2D eigenvalue weighted by molar-refractivity contribution is 6.31. The van der Waals surface area contributed by atoms with Crippen LogP contribution in [0.25, 0.3) is 0 Å². The van der Waals surface area contributed by atoms with Crippen molar-refractivity contribution in [2.24, 2.45) is 5.41 Å². The van der Waals surface area contributed by atoms with Crippen LogP contribution in [-0.4, -0.2) is 24.4 Å². The predicted octanol–water partition coefficient (Wildman–Crippen LogP) is 3.06. The molecule has 3 nitrogen and oxygen atoms in total. The van der Waals surface area contributed by atoms with E-state index in [4.69, 9.17) is 21.1 Å². The Balaban J connectivity index is 2.30. The number of rotatable bonds is 2. The zero-order chi connectivity index (χ0) is 13.3. The second-order valence-corrected chi connectivity index (χ2v) is 6.09. The van der Waals surface area contributed by atoms with Gasteiger partial charge in [-0.05, 0) is 25.0 Å². The SMILES string of the molecule is CC(O)Cc1cc2c(cc1Cl)OCC(C)(C)CO2. The third-order valence-corrected chi connectivity index (χ3v) is 3.22. The number of halogens is 1. The molecular weight excluding hydrogens is 252 g/mol. The molecule has 1 aliphatic rings. The molecule has 1 aliphatic heterocycles. The van der Waals surface area contributed by atoms with E-state index in [2.05, 4.69) is 13.8 Å². The van der Waals surface area contributed by atoms with Gasteiger partial charge in [0.25, 0.3) is 0 Å². The summed E-state index contributed by atoms with van der Waals surface area (Å²) in [6, 6.07) is 3.64. The molecule has 1 unspecified atom stereocenters. The Bertz CT molecular complexity index is 441. The van der Waals surface area contributed by atoms with Gasteiger partial charge < -0.3 is 14.6 Å². The lowest BCUT2D eigenvalue weighted by molar-refractivity contribution is 0.140. The van der Waals surface area contributed by atoms with Gasteiger partial charge in [-0.1, -0.05) is 25.4 Å². The van der Waals surface area contributed by atoms with Gasteiger partial charge in [0.05, 0.1) is 19.3 Å². The summed E-state index contributed by atoms with van der Waals surface area (Å²) < 4.78 is 11.5. The molecule has 0 aliphatic carbocycles. The number of hydrogen-bond acceptors (Lipinski definition) is 3. The zero-order valence-corrected chi connectivity index (χ0v) is 11.8. The van der Waals surface area contributed by atoms with Gasteiger partial charge >= 0.3 is 0 Å². The van der Waals surface area contributed by atoms with E-state index in [1.54, 1.807) is 13.0 Å². The summed E-state index contributed by atoms with van der Waals surface area (Å²) >= 11 is 6.18. The molecule has 1 aromatic rings. The third kappa shape index (κ3) is 3.09. The Labute approximate surface area is 113 Å². The second-order valence-electron chi connectivity index (χ2n) is 5.69. The first-order valence-electron chi connectivity index (χ1n) is 6.13. The summed E-state index contributed by atoms with van der Waals surface area (Å²) in [5.74, 6) is 1.39. The summed E-state index contributed by atoms with van der Waals surface area (Å²) in [4.78, 5) is 0. The number of fused-ring (bicyclic) bond motifs is 1. The predicted molar refractivity (Wildman–Crippen MR) is 71.6 cm³/mol. The fourth-order valence-electron chi connectivity index (χ4n) is 1.87. The smallest absolute Gasteiger partial charge is 0.162 e. The van der Waals surface area contributed by atoms with Crippen LogP contribution in [0, 0.1) is 5.41 Å². The van der Waals surface area contributed by atoms with Gasteiger partial charge in [0.1, 0.15) is 0 Å². The molecule has 1 aromatic carbocycles. The van der Waals surface area contributed by atoms with Crippen LogP contribution < -0.4 is 9.47 Å². The Hall–Kier alpha value is -0.930. The average molecular weight is 271 g/mol. The molecule has 0 spiro atoms. The van der Waals surface area contributed by atoms with Crippen LogP contribution in [0.5, 0.6) is 11.5 Å². The minimum absolute atomic E-state index is 0.0179. The maximum absolute atomic E-state index is 9.44. The normalized spacial score (nSPS) is 19.2. The van der Waals surface area contributed by atoms with E-state index in [1.807, 2.05) is 6.07 Å². The van der Waals surface area contributed by atoms with Gasteiger partial charge in [0.15, 0.2) is 11.5 Å². The molecule has 0 saturated heterocycles. The molecule has 0 fully saturated rings. The van der Waals surface area contributed by atoms with Crippen molar-refractivity contribution in [3.8, 4) is 11.5 Å². The molecule has 0 aromatic heterocycles. The van der Waals surface area contributed by atoms with Crippen molar-refractivity contribution in [1.29, 1.82) is 0 Å². The first kappa shape index (κ1) is 13.5. The van der Waals surface area contributed by atoms with Crippen molar-refractivity contribution in [3.05, 3.63) is 22.7 Å². The third-order valence-electron chi connectivity index (χ3n) is 2.86. The highest BCUT2D eigenvalue weighted by Crippen LogP contribution is 2.37. The highest BCUT2D eigenvalue weighted by atomic mass is 35.5. The monoisotopic (exact) mass is 270 g/mol. The van der Waals surface area contributed by atoms with E-state index in [1.165, 1.54) is 0 Å². The molecule has 0 bridgehead atoms. The van der Waals surface area contributed by atoms with E-state index >= 15 is 0 Å². The molecular formula is C14H19ClO3. The first-order chi connectivity index (χ1) is 8.37. The fraction of sp³-hybridized carbons (Fsp3) is 0.571. The summed E-state index contributed by atoms with van der Waals surface area (Å²) in [7, 11) is 0. The van der Waals surface area contributed by atoms with Crippen LogP contribution >= 0.6 is 11.6 Å². The van der Waals surface area contributed by atoms with Crippen LogP contribution in [0.4, 0.5) is 0 Å². The standard InChI is InChI=1S/C14H19ClO3/c1-9(16)4-10-5-12-13(6-11(10)15)18-8-14(2,3)7-17-12/h5-6,9,16H,4,7-8H2,1-3H3. The summed E-state index contributed by atoms with van der Waals surface area (Å²) in [6.07, 6.45) is 0.0856. The number of aliphatic hydroxyl groups is 1. The minimum Gasteiger partial charge on any atom is -0.489 e. The van der Waals surface area contributed by atoms with Gasteiger partial charge in [0.2, 0.25) is 0 Å². The Morgan fingerprint density at radius 3 is 2.39 bits per heavy atom. The van der Waals surface area contributed by atoms with Crippen molar-refractivity contribution >= 4 is 11.6 Å². The van der Waals surface area contributed by atoms with Gasteiger partial charge in [-0.15, -0.1) is 0 Å². The molecule has 1 atom stereocenters. The maximum atomic E-state index is 9.44. The van der Waals surface area contributed by atoms with E-state index in [0.717, 1.165) is 5.56 Å². The first-order valence-corrected chi connectivity index (χ1v) is 6.51. The van der Waals surface area contributed by atoms with E-state index in [-0.39, 0.29) is 5.41 Å². The largest absolute Gasteiger partial charge is 0.489 e. The maximum Gasteiger partial charge on any atom is 0.162 e. The molecule has 0 radical (unpaired) electrons. The average Bonchev–Trinajstić information content (AvgIpc) is 2.39. The Morgan fingerprint density at radius 1 is 1.28 bits per heavy atom. The van der Waals surface area contributed by atoms with Crippen molar-refractivity contribution in [3.63, 3.8) is 0 Å². The van der Waals surface area contributed by atoms with Crippen LogP contribution in [0.3, 0.4) is 0 Å². The molecule has 0 saturated carbocycles. The van der Waals surface area contributed by atoms with Gasteiger partial charge in [-0.2, -0.15) is 0 Å². The molecule has 2 rings (SSSR count). The van der Waals surface area contributed by atoms with Crippen LogP contribution in [0.2, 0.25) is 5.02 Å². The Kier molecular flexibility index (Phi) is 3.74. The van der Waals surface area contributed by atoms with Gasteiger partial charge in [0, 0.05) is 16.5 Å². The molecule has 1 N–H and O–H groups in total. The lowest BCUT2D eigenvalue weighted by atomic mass is 9.97. The van der Waals surface area contributed by atoms with E-state index in [9.17, 15) is 5.11 Å². The lowest BCUT2D eigenvalue weighted by Crippen LogP contribution is -2.26. The van der Waals surface area contributed by atoms with Crippen LogP contribution in [0.15, 0.2) is 12.1 Å². The molecule has 100 valence electrons. The summed E-state index contributed by atoms with van der Waals surface area (Å²) in [6.45, 7) is 7.14. The fourth-order valence-corrected chi connectivity index (χ4v) is 2.10. The van der Waals surface area contributed by atoms with Crippen molar-refractivity contribution < 1.29 is 14.6 Å². The number of benzene rings is 1. The molecule has 1 heterocycles. The Morgan fingerprint density at radius 2 is 1.83 bits per heavy atom. The van der Waals surface area contributed by atoms with E-state index < -0.39 is 6.10 Å². The topological polar surface area (TPSA) is 38.7 Å². The highest BCUT2D eigenvalue weighted by Gasteiger charge is 2.26. The number of hydrogen-bond donors (Lipinski definition) is 1. The lowest BCUT2D eigenvalue weighted by Gasteiger charge is -2.19.